The van der Waals surface area contributed by atoms with Crippen molar-refractivity contribution in [3.8, 4) is 0 Å². The van der Waals surface area contributed by atoms with E-state index in [1.165, 1.54) is 12.1 Å². The first-order valence-corrected chi connectivity index (χ1v) is 7.24. The van der Waals surface area contributed by atoms with Crippen molar-refractivity contribution in [3.63, 3.8) is 0 Å². The van der Waals surface area contributed by atoms with E-state index in [9.17, 15) is 9.50 Å². The van der Waals surface area contributed by atoms with Crippen molar-refractivity contribution in [2.45, 2.75) is 25.0 Å². The molecule has 5 nitrogen and oxygen atoms in total. The van der Waals surface area contributed by atoms with Crippen LogP contribution in [0.3, 0.4) is 0 Å². The smallest absolute Gasteiger partial charge is 0.123 e. The van der Waals surface area contributed by atoms with Gasteiger partial charge in [-0.1, -0.05) is 17.3 Å². The van der Waals surface area contributed by atoms with E-state index in [0.29, 0.717) is 12.6 Å². The highest BCUT2D eigenvalue weighted by Gasteiger charge is 2.22. The molecule has 1 saturated heterocycles. The van der Waals surface area contributed by atoms with E-state index in [2.05, 4.69) is 15.2 Å². The van der Waals surface area contributed by atoms with Crippen LogP contribution >= 0.6 is 0 Å². The van der Waals surface area contributed by atoms with Crippen molar-refractivity contribution in [2.24, 2.45) is 0 Å². The van der Waals surface area contributed by atoms with E-state index in [1.807, 2.05) is 10.9 Å². The number of aliphatic hydroxyl groups excluding tert-OH is 1. The summed E-state index contributed by atoms with van der Waals surface area (Å²) in [5.41, 5.74) is 0.759. The number of hydrogen-bond acceptors (Lipinski definition) is 4. The molecular weight excluding hydrogens is 271 g/mol. The average Bonchev–Trinajstić information content (AvgIpc) is 3.03. The van der Waals surface area contributed by atoms with Gasteiger partial charge < -0.3 is 10.0 Å². The Labute approximate surface area is 123 Å². The lowest BCUT2D eigenvalue weighted by Gasteiger charge is -2.33. The number of nitrogens with zero attached hydrogens (tertiary/aromatic N) is 4. The minimum atomic E-state index is -0.575. The zero-order valence-electron chi connectivity index (χ0n) is 11.8. The normalized spacial score (nSPS) is 18.8. The largest absolute Gasteiger partial charge is 0.387 e. The van der Waals surface area contributed by atoms with Gasteiger partial charge in [-0.05, 0) is 30.5 Å². The lowest BCUT2D eigenvalue weighted by Crippen LogP contribution is -2.37. The van der Waals surface area contributed by atoms with E-state index in [0.717, 1.165) is 31.5 Å². The van der Waals surface area contributed by atoms with Gasteiger partial charge in [0.05, 0.1) is 18.3 Å². The van der Waals surface area contributed by atoms with E-state index in [4.69, 9.17) is 0 Å². The highest BCUT2D eigenvalue weighted by atomic mass is 19.1. The highest BCUT2D eigenvalue weighted by molar-refractivity contribution is 5.18. The number of benzene rings is 1. The molecule has 0 saturated carbocycles. The number of hydrogen-bond donors (Lipinski definition) is 1. The van der Waals surface area contributed by atoms with Crippen LogP contribution in [0, 0.1) is 5.82 Å². The van der Waals surface area contributed by atoms with Gasteiger partial charge in [0.2, 0.25) is 0 Å². The lowest BCUT2D eigenvalue weighted by atomic mass is 10.0. The number of likely N-dealkylation sites (tertiary alicyclic amines) is 1. The molecule has 21 heavy (non-hydrogen) atoms. The molecular formula is C15H19FN4O. The van der Waals surface area contributed by atoms with E-state index >= 15 is 0 Å². The summed E-state index contributed by atoms with van der Waals surface area (Å²) in [6.45, 7) is 2.42. The fourth-order valence-corrected chi connectivity index (χ4v) is 2.81. The summed E-state index contributed by atoms with van der Waals surface area (Å²) in [7, 11) is 0. The Kier molecular flexibility index (Phi) is 4.26. The third-order valence-electron chi connectivity index (χ3n) is 4.06. The van der Waals surface area contributed by atoms with Crippen LogP contribution in [0.5, 0.6) is 0 Å². The Morgan fingerprint density at radius 3 is 2.57 bits per heavy atom. The van der Waals surface area contributed by atoms with Crippen LogP contribution < -0.4 is 0 Å². The molecule has 0 amide bonds. The molecule has 1 aromatic carbocycles. The molecule has 1 aliphatic rings. The van der Waals surface area contributed by atoms with Gasteiger partial charge >= 0.3 is 0 Å². The first-order valence-electron chi connectivity index (χ1n) is 7.24. The molecule has 0 aliphatic carbocycles. The zero-order chi connectivity index (χ0) is 14.7. The standard InChI is InChI=1S/C15H19FN4O/c16-13-3-1-12(2-4-13)15(21)11-19-8-5-14(6-9-19)20-10-7-17-18-20/h1-4,7,10,14-15,21H,5-6,8-9,11H2/t15-/m1/s1. The maximum atomic E-state index is 12.9. The van der Waals surface area contributed by atoms with E-state index < -0.39 is 6.10 Å². The average molecular weight is 290 g/mol. The SMILES string of the molecule is O[C@H](CN1CCC(n2ccnn2)CC1)c1ccc(F)cc1. The van der Waals surface area contributed by atoms with Gasteiger partial charge in [-0.15, -0.1) is 5.10 Å². The van der Waals surface area contributed by atoms with Crippen molar-refractivity contribution < 1.29 is 9.50 Å². The van der Waals surface area contributed by atoms with Gasteiger partial charge in [0.25, 0.3) is 0 Å². The third kappa shape index (κ3) is 3.46. The number of aromatic nitrogens is 3. The molecule has 1 aliphatic heterocycles. The first-order chi connectivity index (χ1) is 10.2. The van der Waals surface area contributed by atoms with Gasteiger partial charge in [-0.25, -0.2) is 9.07 Å². The van der Waals surface area contributed by atoms with Crippen LogP contribution in [0.4, 0.5) is 4.39 Å². The second-order valence-corrected chi connectivity index (χ2v) is 5.48. The van der Waals surface area contributed by atoms with Gasteiger partial charge in [0, 0.05) is 25.8 Å². The third-order valence-corrected chi connectivity index (χ3v) is 4.06. The van der Waals surface area contributed by atoms with E-state index in [1.54, 1.807) is 18.3 Å². The van der Waals surface area contributed by atoms with Gasteiger partial charge in [0.15, 0.2) is 0 Å². The van der Waals surface area contributed by atoms with Crippen molar-refractivity contribution in [1.82, 2.24) is 19.9 Å². The highest BCUT2D eigenvalue weighted by Crippen LogP contribution is 2.23. The molecule has 0 unspecified atom stereocenters. The molecule has 0 spiro atoms. The van der Waals surface area contributed by atoms with Crippen molar-refractivity contribution in [3.05, 3.63) is 48.0 Å². The molecule has 1 aromatic heterocycles. The van der Waals surface area contributed by atoms with Gasteiger partial charge in [-0.3, -0.25) is 0 Å². The predicted octanol–water partition coefficient (Wildman–Crippen LogP) is 1.79. The Hall–Kier alpha value is -1.79. The quantitative estimate of drug-likeness (QED) is 0.932. The Balaban J connectivity index is 1.52. The maximum Gasteiger partial charge on any atom is 0.123 e. The van der Waals surface area contributed by atoms with Crippen LogP contribution in [-0.2, 0) is 0 Å². The predicted molar refractivity (Wildman–Crippen MR) is 76.1 cm³/mol. The monoisotopic (exact) mass is 290 g/mol. The Bertz CT molecular complexity index is 550. The number of piperidine rings is 1. The van der Waals surface area contributed by atoms with Crippen LogP contribution in [0.1, 0.15) is 30.6 Å². The lowest BCUT2D eigenvalue weighted by molar-refractivity contribution is 0.0887. The first kappa shape index (κ1) is 14.2. The van der Waals surface area contributed by atoms with Gasteiger partial charge in [0.1, 0.15) is 5.82 Å². The number of aliphatic hydroxyl groups is 1. The van der Waals surface area contributed by atoms with Crippen molar-refractivity contribution in [1.29, 1.82) is 0 Å². The molecule has 0 bridgehead atoms. The molecule has 3 rings (SSSR count). The Morgan fingerprint density at radius 1 is 1.24 bits per heavy atom. The van der Waals surface area contributed by atoms with Crippen LogP contribution in [0.15, 0.2) is 36.7 Å². The number of β-amino-alcohol motifs (C(OH)–C–C–N with tert-alkyl or cyclic N) is 1. The molecule has 2 heterocycles. The molecule has 1 atom stereocenters. The summed E-state index contributed by atoms with van der Waals surface area (Å²) in [6.07, 6.45) is 5.02. The maximum absolute atomic E-state index is 12.9. The minimum Gasteiger partial charge on any atom is -0.387 e. The van der Waals surface area contributed by atoms with Crippen LogP contribution in [0.2, 0.25) is 0 Å². The topological polar surface area (TPSA) is 54.2 Å². The number of rotatable bonds is 4. The summed E-state index contributed by atoms with van der Waals surface area (Å²) in [6, 6.07) is 6.45. The molecule has 0 radical (unpaired) electrons. The fraction of sp³-hybridized carbons (Fsp3) is 0.467. The van der Waals surface area contributed by atoms with Crippen LogP contribution in [0.25, 0.3) is 0 Å². The molecule has 2 aromatic rings. The summed E-state index contributed by atoms with van der Waals surface area (Å²) in [4.78, 5) is 2.24. The van der Waals surface area contributed by atoms with E-state index in [-0.39, 0.29) is 5.82 Å². The summed E-state index contributed by atoms with van der Waals surface area (Å²) in [5.74, 6) is -0.278. The van der Waals surface area contributed by atoms with Crippen molar-refractivity contribution in [2.75, 3.05) is 19.6 Å². The summed E-state index contributed by atoms with van der Waals surface area (Å²) in [5, 5.41) is 18.1. The molecule has 6 heteroatoms. The summed E-state index contributed by atoms with van der Waals surface area (Å²) < 4.78 is 14.8. The number of halogens is 1. The van der Waals surface area contributed by atoms with Gasteiger partial charge in [-0.2, -0.15) is 0 Å². The van der Waals surface area contributed by atoms with Crippen LogP contribution in [-0.4, -0.2) is 44.6 Å². The minimum absolute atomic E-state index is 0.278. The molecule has 1 fully saturated rings. The fourth-order valence-electron chi connectivity index (χ4n) is 2.81. The molecule has 112 valence electrons. The zero-order valence-corrected chi connectivity index (χ0v) is 11.8. The molecule has 1 N–H and O–H groups in total. The van der Waals surface area contributed by atoms with Crippen molar-refractivity contribution >= 4 is 0 Å². The summed E-state index contributed by atoms with van der Waals surface area (Å²) >= 11 is 0. The second-order valence-electron chi connectivity index (χ2n) is 5.48. The Morgan fingerprint density at radius 2 is 1.95 bits per heavy atom. The second kappa shape index (κ2) is 6.32.